The zero-order valence-corrected chi connectivity index (χ0v) is 10.1. The molecule has 0 aliphatic carbocycles. The van der Waals surface area contributed by atoms with E-state index in [1.807, 2.05) is 0 Å². The summed E-state index contributed by atoms with van der Waals surface area (Å²) >= 11 is 0. The first-order valence-electron chi connectivity index (χ1n) is 5.93. The Bertz CT molecular complexity index is 151. The molecule has 0 aromatic heterocycles. The Morgan fingerprint density at radius 2 is 1.60 bits per heavy atom. The highest BCUT2D eigenvalue weighted by atomic mass is 16.1. The van der Waals surface area contributed by atoms with Crippen molar-refractivity contribution < 1.29 is 4.79 Å². The topological polar surface area (TPSA) is 53.2 Å². The summed E-state index contributed by atoms with van der Waals surface area (Å²) in [5, 5.41) is 9.35. The fourth-order valence-corrected chi connectivity index (χ4v) is 1.31. The maximum absolute atomic E-state index is 10.5. The highest BCUT2D eigenvalue weighted by molar-refractivity contribution is 5.72. The number of carbonyl (C=O) groups is 1. The van der Waals surface area contributed by atoms with Crippen LogP contribution in [-0.2, 0) is 4.79 Å². The number of nitrogens with one attached hydrogen (secondary N) is 3. The van der Waals surface area contributed by atoms with Crippen LogP contribution >= 0.6 is 0 Å². The molecule has 0 saturated heterocycles. The molecule has 0 fully saturated rings. The van der Waals surface area contributed by atoms with Crippen LogP contribution in [0.2, 0.25) is 0 Å². The van der Waals surface area contributed by atoms with Crippen molar-refractivity contribution in [1.29, 1.82) is 0 Å². The summed E-state index contributed by atoms with van der Waals surface area (Å²) in [4.78, 5) is 10.5. The normalized spacial score (nSPS) is 10.3. The highest BCUT2D eigenvalue weighted by Crippen LogP contribution is 1.91. The molecule has 4 heteroatoms. The molecule has 0 aromatic rings. The van der Waals surface area contributed by atoms with Gasteiger partial charge in [0.25, 0.3) is 0 Å². The van der Waals surface area contributed by atoms with E-state index < -0.39 is 0 Å². The summed E-state index contributed by atoms with van der Waals surface area (Å²) in [6.45, 7) is 8.51. The van der Waals surface area contributed by atoms with Crippen LogP contribution in [0.25, 0.3) is 0 Å². The molecule has 0 unspecified atom stereocenters. The van der Waals surface area contributed by atoms with Crippen molar-refractivity contribution in [2.24, 2.45) is 0 Å². The lowest BCUT2D eigenvalue weighted by Crippen LogP contribution is -2.30. The summed E-state index contributed by atoms with van der Waals surface area (Å²) in [6, 6.07) is 0. The minimum Gasteiger partial charge on any atom is -0.355 e. The predicted molar refractivity (Wildman–Crippen MR) is 63.9 cm³/mol. The predicted octanol–water partition coefficient (Wildman–Crippen LogP) is 0.492. The van der Waals surface area contributed by atoms with Gasteiger partial charge < -0.3 is 16.0 Å². The van der Waals surface area contributed by atoms with Crippen LogP contribution in [0.5, 0.6) is 0 Å². The van der Waals surface area contributed by atoms with Crippen molar-refractivity contribution >= 4 is 5.91 Å². The van der Waals surface area contributed by atoms with E-state index in [4.69, 9.17) is 0 Å². The van der Waals surface area contributed by atoms with Crippen molar-refractivity contribution in [3.63, 3.8) is 0 Å². The third-order valence-electron chi connectivity index (χ3n) is 2.13. The monoisotopic (exact) mass is 215 g/mol. The van der Waals surface area contributed by atoms with Crippen LogP contribution in [0.1, 0.15) is 33.1 Å². The number of unbranched alkanes of at least 4 members (excludes halogenated alkanes) is 2. The zero-order chi connectivity index (χ0) is 11.4. The molecule has 0 radical (unpaired) electrons. The van der Waals surface area contributed by atoms with E-state index in [0.717, 1.165) is 32.7 Å². The largest absolute Gasteiger partial charge is 0.355 e. The van der Waals surface area contributed by atoms with E-state index in [-0.39, 0.29) is 5.91 Å². The van der Waals surface area contributed by atoms with Crippen LogP contribution in [0.3, 0.4) is 0 Å². The van der Waals surface area contributed by atoms with Gasteiger partial charge >= 0.3 is 0 Å². The molecule has 0 aromatic carbocycles. The molecule has 0 aliphatic rings. The van der Waals surface area contributed by atoms with Gasteiger partial charge in [0, 0.05) is 20.0 Å². The van der Waals surface area contributed by atoms with Crippen molar-refractivity contribution in [1.82, 2.24) is 16.0 Å². The molecule has 0 spiro atoms. The zero-order valence-electron chi connectivity index (χ0n) is 10.1. The SMILES string of the molecule is CCNCCCCCNCCNC(C)=O. The summed E-state index contributed by atoms with van der Waals surface area (Å²) in [5.41, 5.74) is 0. The first-order chi connectivity index (χ1) is 7.27. The fourth-order valence-electron chi connectivity index (χ4n) is 1.31. The second-order valence-corrected chi connectivity index (χ2v) is 3.65. The van der Waals surface area contributed by atoms with Gasteiger partial charge in [-0.05, 0) is 32.5 Å². The molecule has 0 rings (SSSR count). The van der Waals surface area contributed by atoms with Gasteiger partial charge in [-0.3, -0.25) is 4.79 Å². The number of rotatable bonds is 10. The molecule has 4 nitrogen and oxygen atoms in total. The molecule has 0 bridgehead atoms. The van der Waals surface area contributed by atoms with Gasteiger partial charge in [-0.25, -0.2) is 0 Å². The third-order valence-corrected chi connectivity index (χ3v) is 2.13. The average Bonchev–Trinajstić information content (AvgIpc) is 2.20. The number of hydrogen-bond acceptors (Lipinski definition) is 3. The molecule has 0 saturated carbocycles. The van der Waals surface area contributed by atoms with Gasteiger partial charge in [-0.2, -0.15) is 0 Å². The summed E-state index contributed by atoms with van der Waals surface area (Å²) in [7, 11) is 0. The number of amides is 1. The Morgan fingerprint density at radius 3 is 2.20 bits per heavy atom. The van der Waals surface area contributed by atoms with Crippen molar-refractivity contribution in [3.05, 3.63) is 0 Å². The Labute approximate surface area is 93.2 Å². The summed E-state index contributed by atoms with van der Waals surface area (Å²) < 4.78 is 0. The summed E-state index contributed by atoms with van der Waals surface area (Å²) in [5.74, 6) is 0.0439. The van der Waals surface area contributed by atoms with E-state index in [1.165, 1.54) is 19.3 Å². The molecule has 90 valence electrons. The lowest BCUT2D eigenvalue weighted by atomic mass is 10.2. The van der Waals surface area contributed by atoms with E-state index in [9.17, 15) is 4.79 Å². The van der Waals surface area contributed by atoms with Crippen LogP contribution in [-0.4, -0.2) is 38.6 Å². The van der Waals surface area contributed by atoms with E-state index >= 15 is 0 Å². The first kappa shape index (κ1) is 14.4. The van der Waals surface area contributed by atoms with E-state index in [2.05, 4.69) is 22.9 Å². The Kier molecular flexibility index (Phi) is 11.0. The fraction of sp³-hybridized carbons (Fsp3) is 0.909. The lowest BCUT2D eigenvalue weighted by molar-refractivity contribution is -0.118. The third kappa shape index (κ3) is 13.4. The van der Waals surface area contributed by atoms with E-state index in [1.54, 1.807) is 6.92 Å². The van der Waals surface area contributed by atoms with Crippen LogP contribution in [0, 0.1) is 0 Å². The second-order valence-electron chi connectivity index (χ2n) is 3.65. The van der Waals surface area contributed by atoms with Gasteiger partial charge in [0.05, 0.1) is 0 Å². The van der Waals surface area contributed by atoms with Crippen molar-refractivity contribution in [3.8, 4) is 0 Å². The highest BCUT2D eigenvalue weighted by Gasteiger charge is 1.91. The van der Waals surface area contributed by atoms with Gasteiger partial charge in [-0.15, -0.1) is 0 Å². The molecule has 1 amide bonds. The molecule has 15 heavy (non-hydrogen) atoms. The quantitative estimate of drug-likeness (QED) is 0.465. The first-order valence-corrected chi connectivity index (χ1v) is 5.93. The maximum Gasteiger partial charge on any atom is 0.216 e. The summed E-state index contributed by atoms with van der Waals surface area (Å²) in [6.07, 6.45) is 3.73. The Balaban J connectivity index is 2.89. The van der Waals surface area contributed by atoms with Crippen LogP contribution in [0.15, 0.2) is 0 Å². The van der Waals surface area contributed by atoms with Crippen LogP contribution in [0.4, 0.5) is 0 Å². The van der Waals surface area contributed by atoms with Gasteiger partial charge in [0.15, 0.2) is 0 Å². The Morgan fingerprint density at radius 1 is 0.933 bits per heavy atom. The number of carbonyl (C=O) groups excluding carboxylic acids is 1. The van der Waals surface area contributed by atoms with Crippen LogP contribution < -0.4 is 16.0 Å². The minimum absolute atomic E-state index is 0.0439. The Hall–Kier alpha value is -0.610. The van der Waals surface area contributed by atoms with Crippen molar-refractivity contribution in [2.75, 3.05) is 32.7 Å². The van der Waals surface area contributed by atoms with Crippen molar-refractivity contribution in [2.45, 2.75) is 33.1 Å². The standard InChI is InChI=1S/C11H25N3O/c1-3-12-7-5-4-6-8-13-9-10-14-11(2)15/h12-13H,3-10H2,1-2H3,(H,14,15). The maximum atomic E-state index is 10.5. The average molecular weight is 215 g/mol. The number of hydrogen-bond donors (Lipinski definition) is 3. The molecule has 3 N–H and O–H groups in total. The molecule has 0 heterocycles. The second kappa shape index (κ2) is 11.5. The molecule has 0 aliphatic heterocycles. The molecular weight excluding hydrogens is 190 g/mol. The lowest BCUT2D eigenvalue weighted by Gasteiger charge is -2.05. The minimum atomic E-state index is 0.0439. The van der Waals surface area contributed by atoms with Gasteiger partial charge in [0.2, 0.25) is 5.91 Å². The van der Waals surface area contributed by atoms with Gasteiger partial charge in [-0.1, -0.05) is 13.3 Å². The van der Waals surface area contributed by atoms with E-state index in [0.29, 0.717) is 0 Å². The molecular formula is C11H25N3O. The van der Waals surface area contributed by atoms with Gasteiger partial charge in [0.1, 0.15) is 0 Å². The molecule has 0 atom stereocenters. The smallest absolute Gasteiger partial charge is 0.216 e.